The fourth-order valence-electron chi connectivity index (χ4n) is 5.51. The van der Waals surface area contributed by atoms with Crippen LogP contribution in [0.1, 0.15) is 181 Å². The first-order valence-corrected chi connectivity index (χ1v) is 19.6. The van der Waals surface area contributed by atoms with Gasteiger partial charge < -0.3 is 15.5 Å². The van der Waals surface area contributed by atoms with Gasteiger partial charge in [0.2, 0.25) is 5.91 Å². The lowest BCUT2D eigenvalue weighted by molar-refractivity contribution is -0.131. The third-order valence-electron chi connectivity index (χ3n) is 8.33. The van der Waals surface area contributed by atoms with Crippen LogP contribution in [0.5, 0.6) is 0 Å². The van der Waals surface area contributed by atoms with E-state index in [4.69, 9.17) is 0 Å². The average molecular weight is 632 g/mol. The van der Waals surface area contributed by atoms with Gasteiger partial charge in [0.05, 0.1) is 17.9 Å². The van der Waals surface area contributed by atoms with Crippen molar-refractivity contribution < 1.29 is 28.0 Å². The third-order valence-corrected chi connectivity index (χ3v) is 9.11. The van der Waals surface area contributed by atoms with Crippen molar-refractivity contribution >= 4 is 16.0 Å². The van der Waals surface area contributed by atoms with Crippen molar-refractivity contribution in [1.82, 2.24) is 5.32 Å². The molecule has 0 bridgehead atoms. The van der Waals surface area contributed by atoms with Crippen LogP contribution in [0.3, 0.4) is 0 Å². The van der Waals surface area contributed by atoms with Crippen molar-refractivity contribution in [3.8, 4) is 0 Å². The first-order valence-electron chi connectivity index (χ1n) is 18.0. The lowest BCUT2D eigenvalue weighted by atomic mass is 10.0. The molecule has 0 aliphatic rings. The summed E-state index contributed by atoms with van der Waals surface area (Å²) in [6.07, 6.45) is 30.9. The lowest BCUT2D eigenvalue weighted by Gasteiger charge is -2.24. The number of hydrogen-bond acceptors (Lipinski definition) is 5. The van der Waals surface area contributed by atoms with Crippen molar-refractivity contribution in [3.05, 3.63) is 12.2 Å². The van der Waals surface area contributed by atoms with E-state index in [1.54, 1.807) is 0 Å². The molecule has 0 rings (SSSR count). The fraction of sp³-hybridized carbons (Fsp3) is 0.914. The molecule has 1 amide bonds. The van der Waals surface area contributed by atoms with Gasteiger partial charge in [-0.05, 0) is 38.5 Å². The summed E-state index contributed by atoms with van der Waals surface area (Å²) in [4.78, 5) is 12.5. The topological polar surface area (TPSA) is 124 Å². The summed E-state index contributed by atoms with van der Waals surface area (Å²) in [5.74, 6) is -1.47. The molecule has 0 radical (unpaired) electrons. The van der Waals surface area contributed by atoms with Crippen LogP contribution < -0.4 is 5.32 Å². The number of allylic oxidation sites excluding steroid dienone is 2. The molecule has 0 fully saturated rings. The minimum atomic E-state index is -4.40. The Morgan fingerprint density at radius 1 is 0.605 bits per heavy atom. The molecule has 3 atom stereocenters. The van der Waals surface area contributed by atoms with Crippen molar-refractivity contribution in [2.45, 2.75) is 199 Å². The van der Waals surface area contributed by atoms with E-state index in [2.05, 4.69) is 31.3 Å². The smallest absolute Gasteiger partial charge is 0.266 e. The van der Waals surface area contributed by atoms with Crippen LogP contribution in [-0.2, 0) is 14.9 Å². The van der Waals surface area contributed by atoms with E-state index in [9.17, 15) is 28.0 Å². The zero-order valence-electron chi connectivity index (χ0n) is 28.0. The molecular formula is C35H69NO6S. The molecule has 0 saturated heterocycles. The summed E-state index contributed by atoms with van der Waals surface area (Å²) in [6, 6.07) is -1.15. The Morgan fingerprint density at radius 2 is 0.977 bits per heavy atom. The lowest BCUT2D eigenvalue weighted by Crippen LogP contribution is -2.50. The molecule has 0 heterocycles. The summed E-state index contributed by atoms with van der Waals surface area (Å²) >= 11 is 0. The van der Waals surface area contributed by atoms with E-state index >= 15 is 0 Å². The van der Waals surface area contributed by atoms with E-state index in [-0.39, 0.29) is 6.42 Å². The molecule has 0 aromatic heterocycles. The number of unbranched alkanes of at least 4 members (excludes halogenated alkanes) is 21. The highest BCUT2D eigenvalue weighted by Crippen LogP contribution is 2.15. The van der Waals surface area contributed by atoms with Crippen LogP contribution in [-0.4, -0.2) is 53.1 Å². The molecule has 0 aliphatic heterocycles. The highest BCUT2D eigenvalue weighted by molar-refractivity contribution is 7.85. The quantitative estimate of drug-likeness (QED) is 0.0334. The van der Waals surface area contributed by atoms with Gasteiger partial charge in [0.25, 0.3) is 10.1 Å². The van der Waals surface area contributed by atoms with Gasteiger partial charge in [0, 0.05) is 0 Å². The molecule has 256 valence electrons. The van der Waals surface area contributed by atoms with Gasteiger partial charge in [0.1, 0.15) is 6.10 Å². The predicted molar refractivity (Wildman–Crippen MR) is 181 cm³/mol. The normalized spacial score (nSPS) is 14.3. The molecule has 43 heavy (non-hydrogen) atoms. The second-order valence-electron chi connectivity index (χ2n) is 12.6. The Bertz CT molecular complexity index is 757. The SMILES string of the molecule is CCCCCCCC/C=C\CCCCC(O)C(=O)NC(CS(=O)(=O)O)C(O)CCCCCCCCCCCCCCCC. The Morgan fingerprint density at radius 3 is 1.42 bits per heavy atom. The van der Waals surface area contributed by atoms with E-state index < -0.39 is 40.0 Å². The van der Waals surface area contributed by atoms with Gasteiger partial charge in [-0.3, -0.25) is 9.35 Å². The minimum Gasteiger partial charge on any atom is -0.391 e. The maximum absolute atomic E-state index is 12.5. The molecular weight excluding hydrogens is 562 g/mol. The number of rotatable bonds is 32. The molecule has 0 saturated carbocycles. The monoisotopic (exact) mass is 631 g/mol. The Balaban J connectivity index is 4.10. The number of aliphatic hydroxyl groups excluding tert-OH is 2. The maximum atomic E-state index is 12.5. The molecule has 3 unspecified atom stereocenters. The predicted octanol–water partition coefficient (Wildman–Crippen LogP) is 8.82. The second kappa shape index (κ2) is 29.7. The van der Waals surface area contributed by atoms with Gasteiger partial charge >= 0.3 is 0 Å². The van der Waals surface area contributed by atoms with Crippen LogP contribution in [0, 0.1) is 0 Å². The fourth-order valence-corrected chi connectivity index (χ4v) is 6.27. The standard InChI is InChI=1S/C35H69NO6S/c1-3-5-7-9-11-13-15-17-18-20-21-23-25-27-29-33(37)32(31-43(40,41)42)36-35(39)34(38)30-28-26-24-22-19-16-14-12-10-8-6-4-2/h19,22,32-34,37-38H,3-18,20-21,23-31H2,1-2H3,(H,36,39)(H,40,41,42)/b22-19-. The highest BCUT2D eigenvalue weighted by Gasteiger charge is 2.28. The van der Waals surface area contributed by atoms with E-state index in [0.29, 0.717) is 19.3 Å². The number of carbonyl (C=O) groups is 1. The van der Waals surface area contributed by atoms with Crippen LogP contribution >= 0.6 is 0 Å². The van der Waals surface area contributed by atoms with Gasteiger partial charge in [-0.2, -0.15) is 8.42 Å². The molecule has 0 aromatic rings. The van der Waals surface area contributed by atoms with Crippen LogP contribution in [0.2, 0.25) is 0 Å². The largest absolute Gasteiger partial charge is 0.391 e. The van der Waals surface area contributed by atoms with Crippen LogP contribution in [0.25, 0.3) is 0 Å². The van der Waals surface area contributed by atoms with Crippen molar-refractivity contribution in [2.75, 3.05) is 5.75 Å². The highest BCUT2D eigenvalue weighted by atomic mass is 32.2. The number of hydrogen-bond donors (Lipinski definition) is 4. The van der Waals surface area contributed by atoms with E-state index in [1.807, 2.05) is 0 Å². The Hall–Kier alpha value is -0.960. The van der Waals surface area contributed by atoms with Gasteiger partial charge in [-0.15, -0.1) is 0 Å². The zero-order valence-corrected chi connectivity index (χ0v) is 28.8. The zero-order chi connectivity index (χ0) is 32.0. The Kier molecular flexibility index (Phi) is 29.1. The number of amides is 1. The Labute approximate surface area is 265 Å². The number of nitrogens with one attached hydrogen (secondary N) is 1. The first-order chi connectivity index (χ1) is 20.7. The van der Waals surface area contributed by atoms with Crippen molar-refractivity contribution in [3.63, 3.8) is 0 Å². The second-order valence-corrected chi connectivity index (χ2v) is 14.1. The van der Waals surface area contributed by atoms with Gasteiger partial charge in [0.15, 0.2) is 0 Å². The minimum absolute atomic E-state index is 0.269. The summed E-state index contributed by atoms with van der Waals surface area (Å²) < 4.78 is 32.4. The molecule has 0 aromatic carbocycles. The third kappa shape index (κ3) is 29.5. The number of carbonyl (C=O) groups excluding carboxylic acids is 1. The summed E-state index contributed by atoms with van der Waals surface area (Å²) in [5, 5.41) is 23.4. The molecule has 0 aliphatic carbocycles. The van der Waals surface area contributed by atoms with Crippen molar-refractivity contribution in [2.24, 2.45) is 0 Å². The molecule has 0 spiro atoms. The van der Waals surface area contributed by atoms with Crippen LogP contribution in [0.4, 0.5) is 0 Å². The maximum Gasteiger partial charge on any atom is 0.266 e. The van der Waals surface area contributed by atoms with Gasteiger partial charge in [-0.25, -0.2) is 0 Å². The van der Waals surface area contributed by atoms with Crippen LogP contribution in [0.15, 0.2) is 12.2 Å². The van der Waals surface area contributed by atoms with E-state index in [1.165, 1.54) is 103 Å². The van der Waals surface area contributed by atoms with Gasteiger partial charge in [-0.1, -0.05) is 154 Å². The van der Waals surface area contributed by atoms with Crippen molar-refractivity contribution in [1.29, 1.82) is 0 Å². The summed E-state index contributed by atoms with van der Waals surface area (Å²) in [7, 11) is -4.40. The number of aliphatic hydroxyl groups is 2. The first kappa shape index (κ1) is 42.0. The average Bonchev–Trinajstić information content (AvgIpc) is 2.96. The summed E-state index contributed by atoms with van der Waals surface area (Å²) in [6.45, 7) is 4.47. The summed E-state index contributed by atoms with van der Waals surface area (Å²) in [5.41, 5.74) is 0. The molecule has 7 nitrogen and oxygen atoms in total. The molecule has 8 heteroatoms. The van der Waals surface area contributed by atoms with E-state index in [0.717, 1.165) is 38.5 Å². The molecule has 4 N–H and O–H groups in total.